The smallest absolute Gasteiger partial charge is 0.332 e. The molecule has 0 aromatic heterocycles. The molecular formula is C13H22O4. The summed E-state index contributed by atoms with van der Waals surface area (Å²) >= 11 is 0. The molecule has 0 unspecified atom stereocenters. The summed E-state index contributed by atoms with van der Waals surface area (Å²) < 4.78 is 0. The summed E-state index contributed by atoms with van der Waals surface area (Å²) in [5, 5.41) is 18.7. The molecule has 0 atom stereocenters. The van der Waals surface area contributed by atoms with Crippen molar-refractivity contribution < 1.29 is 19.8 Å². The molecular weight excluding hydrogens is 220 g/mol. The fourth-order valence-electron chi connectivity index (χ4n) is 2.96. The molecule has 0 aliphatic rings. The molecule has 0 heterocycles. The van der Waals surface area contributed by atoms with Crippen molar-refractivity contribution in [3.63, 3.8) is 0 Å². The molecule has 0 aromatic carbocycles. The molecule has 0 saturated heterocycles. The average molecular weight is 242 g/mol. The zero-order valence-electron chi connectivity index (χ0n) is 11.4. The van der Waals surface area contributed by atoms with Crippen LogP contribution in [0.4, 0.5) is 0 Å². The molecule has 0 saturated carbocycles. The van der Waals surface area contributed by atoms with Gasteiger partial charge >= 0.3 is 11.9 Å². The summed E-state index contributed by atoms with van der Waals surface area (Å²) in [5.41, 5.74) is -3.31. The topological polar surface area (TPSA) is 74.6 Å². The van der Waals surface area contributed by atoms with Crippen molar-refractivity contribution in [2.24, 2.45) is 16.2 Å². The maximum atomic E-state index is 11.7. The summed E-state index contributed by atoms with van der Waals surface area (Å²) in [6, 6.07) is 0. The second kappa shape index (κ2) is 4.17. The normalized spacial score (nSPS) is 13.3. The molecule has 0 aliphatic carbocycles. The van der Waals surface area contributed by atoms with Crippen LogP contribution in [0.15, 0.2) is 12.2 Å². The predicted octanol–water partition coefficient (Wildman–Crippen LogP) is 2.79. The number of aliphatic carboxylic acids is 2. The van der Waals surface area contributed by atoms with Crippen LogP contribution in [0.5, 0.6) is 0 Å². The van der Waals surface area contributed by atoms with Crippen molar-refractivity contribution in [2.45, 2.75) is 41.5 Å². The Bertz CT molecular complexity index is 339. The average Bonchev–Trinajstić information content (AvgIpc) is 1.97. The van der Waals surface area contributed by atoms with Crippen molar-refractivity contribution in [2.75, 3.05) is 0 Å². The minimum absolute atomic E-state index is 0.273. The van der Waals surface area contributed by atoms with Gasteiger partial charge < -0.3 is 10.2 Å². The summed E-state index contributed by atoms with van der Waals surface area (Å²) in [7, 11) is 0. The van der Waals surface area contributed by atoms with Crippen molar-refractivity contribution in [1.82, 2.24) is 0 Å². The molecule has 0 bridgehead atoms. The fraction of sp³-hybridized carbons (Fsp3) is 0.692. The van der Waals surface area contributed by atoms with Gasteiger partial charge in [0.1, 0.15) is 5.41 Å². The summed E-state index contributed by atoms with van der Waals surface area (Å²) in [6.07, 6.45) is 0. The third-order valence-corrected chi connectivity index (χ3v) is 3.28. The van der Waals surface area contributed by atoms with Gasteiger partial charge in [0, 0.05) is 5.57 Å². The van der Waals surface area contributed by atoms with Gasteiger partial charge in [-0.05, 0) is 10.8 Å². The highest BCUT2D eigenvalue weighted by molar-refractivity contribution is 5.97. The number of hydrogen-bond donors (Lipinski definition) is 2. The lowest BCUT2D eigenvalue weighted by Crippen LogP contribution is -2.54. The Kier molecular flexibility index (Phi) is 3.84. The predicted molar refractivity (Wildman–Crippen MR) is 65.8 cm³/mol. The second-order valence-electron chi connectivity index (χ2n) is 6.34. The minimum atomic E-state index is -1.52. The first-order chi connectivity index (χ1) is 7.30. The molecule has 0 amide bonds. The molecule has 0 rings (SSSR count). The maximum Gasteiger partial charge on any atom is 0.332 e. The molecule has 0 aliphatic heterocycles. The lowest BCUT2D eigenvalue weighted by Gasteiger charge is -2.50. The molecule has 17 heavy (non-hydrogen) atoms. The Hall–Kier alpha value is -1.32. The van der Waals surface area contributed by atoms with Crippen molar-refractivity contribution in [3.05, 3.63) is 12.2 Å². The maximum absolute atomic E-state index is 11.7. The summed E-state index contributed by atoms with van der Waals surface area (Å²) in [6.45, 7) is 13.8. The van der Waals surface area contributed by atoms with Crippen LogP contribution in [0.1, 0.15) is 41.5 Å². The van der Waals surface area contributed by atoms with Crippen LogP contribution >= 0.6 is 0 Å². The Morgan fingerprint density at radius 2 is 1.18 bits per heavy atom. The van der Waals surface area contributed by atoms with Gasteiger partial charge in [-0.25, -0.2) is 4.79 Å². The van der Waals surface area contributed by atoms with Crippen LogP contribution in [0.3, 0.4) is 0 Å². The fourth-order valence-corrected chi connectivity index (χ4v) is 2.96. The van der Waals surface area contributed by atoms with Gasteiger partial charge in [0.25, 0.3) is 0 Å². The molecule has 0 radical (unpaired) electrons. The van der Waals surface area contributed by atoms with Crippen LogP contribution in [0.2, 0.25) is 0 Å². The molecule has 98 valence electrons. The van der Waals surface area contributed by atoms with E-state index in [2.05, 4.69) is 6.58 Å². The van der Waals surface area contributed by atoms with E-state index in [1.165, 1.54) is 0 Å². The lowest BCUT2D eigenvalue weighted by atomic mass is 9.51. The Labute approximate surface area is 102 Å². The van der Waals surface area contributed by atoms with E-state index in [0.717, 1.165) is 0 Å². The van der Waals surface area contributed by atoms with E-state index in [9.17, 15) is 14.7 Å². The third kappa shape index (κ3) is 2.21. The summed E-state index contributed by atoms with van der Waals surface area (Å²) in [5.74, 6) is -2.41. The van der Waals surface area contributed by atoms with E-state index >= 15 is 0 Å². The summed E-state index contributed by atoms with van der Waals surface area (Å²) in [4.78, 5) is 22.9. The van der Waals surface area contributed by atoms with Gasteiger partial charge in [0.2, 0.25) is 0 Å². The first-order valence-electron chi connectivity index (χ1n) is 5.46. The van der Waals surface area contributed by atoms with Crippen molar-refractivity contribution in [3.8, 4) is 0 Å². The van der Waals surface area contributed by atoms with Gasteiger partial charge in [-0.2, -0.15) is 0 Å². The molecule has 0 fully saturated rings. The quantitative estimate of drug-likeness (QED) is 0.746. The first-order valence-corrected chi connectivity index (χ1v) is 5.46. The van der Waals surface area contributed by atoms with Crippen LogP contribution in [-0.4, -0.2) is 22.2 Å². The van der Waals surface area contributed by atoms with Gasteiger partial charge in [0.05, 0.1) is 0 Å². The molecule has 2 N–H and O–H groups in total. The van der Waals surface area contributed by atoms with Crippen molar-refractivity contribution >= 4 is 11.9 Å². The number of hydrogen-bond acceptors (Lipinski definition) is 2. The Balaban J connectivity index is 6.26. The van der Waals surface area contributed by atoms with Gasteiger partial charge in [-0.15, -0.1) is 0 Å². The van der Waals surface area contributed by atoms with E-state index < -0.39 is 28.2 Å². The molecule has 0 spiro atoms. The highest BCUT2D eigenvalue weighted by atomic mass is 16.4. The number of carboxylic acid groups (broad SMARTS) is 2. The van der Waals surface area contributed by atoms with Crippen LogP contribution in [0, 0.1) is 16.2 Å². The first kappa shape index (κ1) is 15.7. The van der Waals surface area contributed by atoms with E-state index in [1.54, 1.807) is 41.5 Å². The lowest BCUT2D eigenvalue weighted by molar-refractivity contribution is -0.166. The highest BCUT2D eigenvalue weighted by Gasteiger charge is 2.60. The Morgan fingerprint density at radius 3 is 1.24 bits per heavy atom. The number of carboxylic acids is 2. The van der Waals surface area contributed by atoms with E-state index in [1.807, 2.05) is 0 Å². The van der Waals surface area contributed by atoms with Gasteiger partial charge in [-0.3, -0.25) is 4.79 Å². The zero-order valence-corrected chi connectivity index (χ0v) is 11.4. The van der Waals surface area contributed by atoms with Crippen LogP contribution in [-0.2, 0) is 9.59 Å². The van der Waals surface area contributed by atoms with Gasteiger partial charge in [0.15, 0.2) is 0 Å². The Morgan fingerprint density at radius 1 is 0.882 bits per heavy atom. The number of carbonyl (C=O) groups is 2. The monoisotopic (exact) mass is 242 g/mol. The molecule has 4 heteroatoms. The number of rotatable bonds is 3. The zero-order chi connectivity index (χ0) is 14.2. The molecule has 0 aromatic rings. The minimum Gasteiger partial charge on any atom is -0.481 e. The van der Waals surface area contributed by atoms with E-state index in [-0.39, 0.29) is 5.57 Å². The highest BCUT2D eigenvalue weighted by Crippen LogP contribution is 2.56. The van der Waals surface area contributed by atoms with Crippen LogP contribution < -0.4 is 0 Å². The molecule has 4 nitrogen and oxygen atoms in total. The van der Waals surface area contributed by atoms with E-state index in [4.69, 9.17) is 5.11 Å². The van der Waals surface area contributed by atoms with Crippen LogP contribution in [0.25, 0.3) is 0 Å². The standard InChI is InChI=1S/C13H22O4/c1-8(9(14)15)13(10(16)17,11(2,3)4)12(5,6)7/h1H2,2-7H3,(H,14,15)(H,16,17). The third-order valence-electron chi connectivity index (χ3n) is 3.28. The van der Waals surface area contributed by atoms with Gasteiger partial charge in [-0.1, -0.05) is 48.1 Å². The van der Waals surface area contributed by atoms with Crippen molar-refractivity contribution in [1.29, 1.82) is 0 Å². The second-order valence-corrected chi connectivity index (χ2v) is 6.34. The SMILES string of the molecule is C=C(C(=O)O)C(C(=O)O)(C(C)(C)C)C(C)(C)C. The largest absolute Gasteiger partial charge is 0.481 e. The van der Waals surface area contributed by atoms with E-state index in [0.29, 0.717) is 0 Å².